The van der Waals surface area contributed by atoms with Crippen molar-refractivity contribution >= 4 is 5.91 Å². The van der Waals surface area contributed by atoms with Crippen LogP contribution >= 0.6 is 0 Å². The van der Waals surface area contributed by atoms with Crippen molar-refractivity contribution in [2.24, 2.45) is 11.8 Å². The van der Waals surface area contributed by atoms with Crippen LogP contribution in [-0.2, 0) is 11.3 Å². The van der Waals surface area contributed by atoms with Gasteiger partial charge in [0.15, 0.2) is 0 Å². The first-order chi connectivity index (χ1) is 9.24. The molecule has 1 aromatic heterocycles. The highest BCUT2D eigenvalue weighted by molar-refractivity contribution is 5.77. The molecular weight excluding hydrogens is 238 g/mol. The standard InChI is InChI=1S/C15H23N3O/c1-12(13-5-6-13)10-15(19)18-9-2-4-14(18)11-17-8-3-7-16-17/h3,7-8,12-14H,2,4-6,9-11H2,1H3. The van der Waals surface area contributed by atoms with Gasteiger partial charge in [-0.2, -0.15) is 5.10 Å². The summed E-state index contributed by atoms with van der Waals surface area (Å²) in [4.78, 5) is 14.5. The van der Waals surface area contributed by atoms with Gasteiger partial charge in [-0.25, -0.2) is 0 Å². The molecule has 0 bridgehead atoms. The second-order valence-corrected chi connectivity index (χ2v) is 6.13. The number of rotatable bonds is 5. The molecule has 104 valence electrons. The third kappa shape index (κ3) is 2.99. The largest absolute Gasteiger partial charge is 0.338 e. The van der Waals surface area contributed by atoms with Crippen molar-refractivity contribution in [2.75, 3.05) is 6.54 Å². The molecule has 1 saturated carbocycles. The predicted molar refractivity (Wildman–Crippen MR) is 73.5 cm³/mol. The molecule has 3 rings (SSSR count). The number of aromatic nitrogens is 2. The molecule has 1 aliphatic carbocycles. The summed E-state index contributed by atoms with van der Waals surface area (Å²) < 4.78 is 1.95. The molecule has 0 N–H and O–H groups in total. The third-order valence-electron chi connectivity index (χ3n) is 4.58. The zero-order chi connectivity index (χ0) is 13.2. The van der Waals surface area contributed by atoms with E-state index in [1.807, 2.05) is 16.9 Å². The molecule has 2 aliphatic rings. The maximum Gasteiger partial charge on any atom is 0.223 e. The van der Waals surface area contributed by atoms with E-state index >= 15 is 0 Å². The maximum absolute atomic E-state index is 12.4. The lowest BCUT2D eigenvalue weighted by atomic mass is 10.0. The molecule has 2 atom stereocenters. The quantitative estimate of drug-likeness (QED) is 0.815. The van der Waals surface area contributed by atoms with Crippen LogP contribution in [0, 0.1) is 11.8 Å². The van der Waals surface area contributed by atoms with E-state index in [1.165, 1.54) is 12.8 Å². The summed E-state index contributed by atoms with van der Waals surface area (Å²) in [5.41, 5.74) is 0. The monoisotopic (exact) mass is 261 g/mol. The second kappa shape index (κ2) is 5.35. The van der Waals surface area contributed by atoms with Crippen LogP contribution in [0.1, 0.15) is 39.0 Å². The van der Waals surface area contributed by atoms with E-state index in [0.717, 1.165) is 38.3 Å². The van der Waals surface area contributed by atoms with Gasteiger partial charge in [0.1, 0.15) is 0 Å². The minimum absolute atomic E-state index is 0.346. The lowest BCUT2D eigenvalue weighted by Crippen LogP contribution is -2.38. The minimum atomic E-state index is 0.346. The number of hydrogen-bond acceptors (Lipinski definition) is 2. The number of amides is 1. The highest BCUT2D eigenvalue weighted by Gasteiger charge is 2.33. The highest BCUT2D eigenvalue weighted by Crippen LogP contribution is 2.38. The van der Waals surface area contributed by atoms with Crippen LogP contribution in [0.15, 0.2) is 18.5 Å². The number of nitrogens with zero attached hydrogens (tertiary/aromatic N) is 3. The van der Waals surface area contributed by atoms with Crippen molar-refractivity contribution in [3.63, 3.8) is 0 Å². The van der Waals surface area contributed by atoms with Crippen LogP contribution in [0.2, 0.25) is 0 Å². The average Bonchev–Trinajstić information content (AvgIpc) is 2.93. The molecular formula is C15H23N3O. The van der Waals surface area contributed by atoms with Gasteiger partial charge < -0.3 is 4.90 Å². The van der Waals surface area contributed by atoms with Crippen LogP contribution in [-0.4, -0.2) is 33.2 Å². The van der Waals surface area contributed by atoms with E-state index < -0.39 is 0 Å². The molecule has 2 fully saturated rings. The number of likely N-dealkylation sites (tertiary alicyclic amines) is 1. The SMILES string of the molecule is CC(CC(=O)N1CCCC1Cn1cccn1)C1CC1. The molecule has 1 amide bonds. The van der Waals surface area contributed by atoms with Crippen LogP contribution in [0.3, 0.4) is 0 Å². The first kappa shape index (κ1) is 12.7. The molecule has 0 spiro atoms. The van der Waals surface area contributed by atoms with Crippen molar-refractivity contribution in [3.05, 3.63) is 18.5 Å². The van der Waals surface area contributed by atoms with Crippen molar-refractivity contribution in [1.29, 1.82) is 0 Å². The van der Waals surface area contributed by atoms with Crippen LogP contribution in [0.5, 0.6) is 0 Å². The topological polar surface area (TPSA) is 38.1 Å². The minimum Gasteiger partial charge on any atom is -0.338 e. The molecule has 1 aliphatic heterocycles. The molecule has 4 nitrogen and oxygen atoms in total. The Kier molecular flexibility index (Phi) is 3.58. The van der Waals surface area contributed by atoms with E-state index in [1.54, 1.807) is 6.20 Å². The molecule has 1 aromatic rings. The summed E-state index contributed by atoms with van der Waals surface area (Å²) in [6, 6.07) is 2.29. The Morgan fingerprint density at radius 2 is 2.26 bits per heavy atom. The first-order valence-corrected chi connectivity index (χ1v) is 7.51. The summed E-state index contributed by atoms with van der Waals surface area (Å²) >= 11 is 0. The fourth-order valence-electron chi connectivity index (χ4n) is 3.20. The van der Waals surface area contributed by atoms with E-state index in [4.69, 9.17) is 0 Å². The van der Waals surface area contributed by atoms with Crippen molar-refractivity contribution in [3.8, 4) is 0 Å². The van der Waals surface area contributed by atoms with Gasteiger partial charge in [-0.15, -0.1) is 0 Å². The zero-order valence-corrected chi connectivity index (χ0v) is 11.7. The molecule has 1 saturated heterocycles. The first-order valence-electron chi connectivity index (χ1n) is 7.51. The van der Waals surface area contributed by atoms with Crippen LogP contribution in [0.4, 0.5) is 0 Å². The Bertz CT molecular complexity index is 425. The van der Waals surface area contributed by atoms with Crippen molar-refractivity contribution in [2.45, 2.75) is 51.6 Å². The fourth-order valence-corrected chi connectivity index (χ4v) is 3.20. The van der Waals surface area contributed by atoms with Crippen LogP contribution < -0.4 is 0 Å². The summed E-state index contributed by atoms with van der Waals surface area (Å²) in [5, 5.41) is 4.25. The Labute approximate surface area is 114 Å². The third-order valence-corrected chi connectivity index (χ3v) is 4.58. The molecule has 2 unspecified atom stereocenters. The predicted octanol–water partition coefficient (Wildman–Crippen LogP) is 2.31. The van der Waals surface area contributed by atoms with Crippen LogP contribution in [0.25, 0.3) is 0 Å². The van der Waals surface area contributed by atoms with Gasteiger partial charge in [0.25, 0.3) is 0 Å². The van der Waals surface area contributed by atoms with Gasteiger partial charge >= 0.3 is 0 Å². The van der Waals surface area contributed by atoms with E-state index in [-0.39, 0.29) is 0 Å². The normalized spacial score (nSPS) is 24.7. The molecule has 19 heavy (non-hydrogen) atoms. The zero-order valence-electron chi connectivity index (χ0n) is 11.7. The Hall–Kier alpha value is -1.32. The average molecular weight is 261 g/mol. The molecule has 2 heterocycles. The highest BCUT2D eigenvalue weighted by atomic mass is 16.2. The smallest absolute Gasteiger partial charge is 0.223 e. The summed E-state index contributed by atoms with van der Waals surface area (Å²) in [6.07, 6.45) is 9.42. The molecule has 4 heteroatoms. The number of carbonyl (C=O) groups is 1. The van der Waals surface area contributed by atoms with Crippen molar-refractivity contribution in [1.82, 2.24) is 14.7 Å². The summed E-state index contributed by atoms with van der Waals surface area (Å²) in [6.45, 7) is 4.01. The van der Waals surface area contributed by atoms with E-state index in [9.17, 15) is 4.79 Å². The second-order valence-electron chi connectivity index (χ2n) is 6.13. The maximum atomic E-state index is 12.4. The Balaban J connectivity index is 1.57. The lowest BCUT2D eigenvalue weighted by Gasteiger charge is -2.26. The van der Waals surface area contributed by atoms with Gasteiger partial charge in [-0.3, -0.25) is 9.48 Å². The number of hydrogen-bond donors (Lipinski definition) is 0. The summed E-state index contributed by atoms with van der Waals surface area (Å²) in [5.74, 6) is 1.74. The fraction of sp³-hybridized carbons (Fsp3) is 0.733. The molecule has 0 aromatic carbocycles. The number of carbonyl (C=O) groups excluding carboxylic acids is 1. The van der Waals surface area contributed by atoms with E-state index in [0.29, 0.717) is 17.9 Å². The van der Waals surface area contributed by atoms with Gasteiger partial charge in [0, 0.05) is 25.4 Å². The van der Waals surface area contributed by atoms with Crippen molar-refractivity contribution < 1.29 is 4.79 Å². The Morgan fingerprint density at radius 1 is 1.42 bits per heavy atom. The van der Waals surface area contributed by atoms with Gasteiger partial charge in [-0.05, 0) is 43.6 Å². The Morgan fingerprint density at radius 3 is 2.95 bits per heavy atom. The van der Waals surface area contributed by atoms with Gasteiger partial charge in [-0.1, -0.05) is 6.92 Å². The summed E-state index contributed by atoms with van der Waals surface area (Å²) in [7, 11) is 0. The van der Waals surface area contributed by atoms with Gasteiger partial charge in [0.2, 0.25) is 5.91 Å². The van der Waals surface area contributed by atoms with Gasteiger partial charge in [0.05, 0.1) is 12.6 Å². The lowest BCUT2D eigenvalue weighted by molar-refractivity contribution is -0.133. The van der Waals surface area contributed by atoms with E-state index in [2.05, 4.69) is 16.9 Å². The molecule has 0 radical (unpaired) electrons.